The molecule has 0 saturated carbocycles. The highest BCUT2D eigenvalue weighted by Crippen LogP contribution is 2.12. The molecule has 1 aromatic heterocycles. The van der Waals surface area contributed by atoms with E-state index in [9.17, 15) is 0 Å². The minimum Gasteiger partial charge on any atom is -0.381 e. The van der Waals surface area contributed by atoms with E-state index in [0.29, 0.717) is 5.92 Å². The molecule has 4 heteroatoms. The smallest absolute Gasteiger partial charge is 0.0954 e. The van der Waals surface area contributed by atoms with Gasteiger partial charge in [0.1, 0.15) is 0 Å². The maximum Gasteiger partial charge on any atom is 0.0954 e. The first-order valence-electron chi connectivity index (χ1n) is 5.78. The molecule has 16 heavy (non-hydrogen) atoms. The van der Waals surface area contributed by atoms with E-state index in [4.69, 9.17) is 4.74 Å². The van der Waals surface area contributed by atoms with Crippen molar-refractivity contribution < 1.29 is 4.74 Å². The van der Waals surface area contributed by atoms with E-state index in [-0.39, 0.29) is 6.10 Å². The van der Waals surface area contributed by atoms with Crippen LogP contribution in [0.15, 0.2) is 5.38 Å². The number of thiazole rings is 1. The molecule has 0 fully saturated rings. The van der Waals surface area contributed by atoms with Gasteiger partial charge >= 0.3 is 0 Å². The molecule has 0 bridgehead atoms. The van der Waals surface area contributed by atoms with Crippen LogP contribution >= 0.6 is 11.3 Å². The number of ether oxygens (including phenoxy) is 1. The fourth-order valence-corrected chi connectivity index (χ4v) is 2.25. The number of aromatic nitrogens is 1. The van der Waals surface area contributed by atoms with E-state index in [1.54, 1.807) is 18.4 Å². The zero-order chi connectivity index (χ0) is 12.0. The zero-order valence-electron chi connectivity index (χ0n) is 10.6. The normalized spacial score (nSPS) is 13.3. The summed E-state index contributed by atoms with van der Waals surface area (Å²) in [6.45, 7) is 8.40. The summed E-state index contributed by atoms with van der Waals surface area (Å²) in [5.74, 6) is 0.687. The summed E-state index contributed by atoms with van der Waals surface area (Å²) < 4.78 is 5.23. The zero-order valence-corrected chi connectivity index (χ0v) is 11.4. The monoisotopic (exact) mass is 242 g/mol. The van der Waals surface area contributed by atoms with Gasteiger partial charge in [0.05, 0.1) is 16.8 Å². The van der Waals surface area contributed by atoms with Crippen molar-refractivity contribution in [2.24, 2.45) is 5.92 Å². The Balaban J connectivity index is 2.33. The van der Waals surface area contributed by atoms with Crippen molar-refractivity contribution >= 4 is 11.3 Å². The van der Waals surface area contributed by atoms with Gasteiger partial charge in [0, 0.05) is 25.5 Å². The SMILES string of the molecule is COC(C)Cc1nc(CNCC(C)C)cs1. The first-order chi connectivity index (χ1) is 7.61. The maximum absolute atomic E-state index is 5.23. The van der Waals surface area contributed by atoms with Gasteiger partial charge in [-0.15, -0.1) is 11.3 Å². The first-order valence-corrected chi connectivity index (χ1v) is 6.66. The number of hydrogen-bond acceptors (Lipinski definition) is 4. The number of hydrogen-bond donors (Lipinski definition) is 1. The Labute approximate surface area is 102 Å². The van der Waals surface area contributed by atoms with E-state index in [1.165, 1.54) is 0 Å². The second kappa shape index (κ2) is 6.99. The second-order valence-corrected chi connectivity index (χ2v) is 5.45. The summed E-state index contributed by atoms with van der Waals surface area (Å²) in [7, 11) is 1.74. The standard InChI is InChI=1S/C12H22N2OS/c1-9(2)6-13-7-11-8-16-12(14-11)5-10(3)15-4/h8-10,13H,5-7H2,1-4H3. The quantitative estimate of drug-likeness (QED) is 0.797. The lowest BCUT2D eigenvalue weighted by Crippen LogP contribution is -2.19. The van der Waals surface area contributed by atoms with Crippen molar-refractivity contribution in [1.29, 1.82) is 0 Å². The molecule has 0 aliphatic heterocycles. The topological polar surface area (TPSA) is 34.1 Å². The van der Waals surface area contributed by atoms with Crippen LogP contribution in [0.5, 0.6) is 0 Å². The number of nitrogens with zero attached hydrogens (tertiary/aromatic N) is 1. The third-order valence-electron chi connectivity index (χ3n) is 2.32. The summed E-state index contributed by atoms with van der Waals surface area (Å²) in [4.78, 5) is 4.57. The van der Waals surface area contributed by atoms with E-state index in [1.807, 2.05) is 0 Å². The van der Waals surface area contributed by atoms with Gasteiger partial charge in [0.2, 0.25) is 0 Å². The van der Waals surface area contributed by atoms with Crippen molar-refractivity contribution in [2.45, 2.75) is 39.8 Å². The van der Waals surface area contributed by atoms with Gasteiger partial charge in [-0.3, -0.25) is 0 Å². The lowest BCUT2D eigenvalue weighted by molar-refractivity contribution is 0.118. The molecule has 0 aliphatic rings. The Morgan fingerprint density at radius 1 is 1.44 bits per heavy atom. The van der Waals surface area contributed by atoms with Crippen molar-refractivity contribution in [3.05, 3.63) is 16.1 Å². The first kappa shape index (κ1) is 13.6. The van der Waals surface area contributed by atoms with Gasteiger partial charge in [0.15, 0.2) is 0 Å². The fourth-order valence-electron chi connectivity index (χ4n) is 1.34. The van der Waals surface area contributed by atoms with Crippen LogP contribution in [0.4, 0.5) is 0 Å². The molecule has 92 valence electrons. The molecule has 0 saturated heterocycles. The summed E-state index contributed by atoms with van der Waals surface area (Å²) in [5.41, 5.74) is 1.14. The molecule has 3 nitrogen and oxygen atoms in total. The average Bonchev–Trinajstić information content (AvgIpc) is 2.65. The number of rotatable bonds is 7. The molecule has 1 rings (SSSR count). The fraction of sp³-hybridized carbons (Fsp3) is 0.750. The predicted molar refractivity (Wildman–Crippen MR) is 68.8 cm³/mol. The number of nitrogens with one attached hydrogen (secondary N) is 1. The molecule has 1 unspecified atom stereocenters. The van der Waals surface area contributed by atoms with Crippen LogP contribution < -0.4 is 5.32 Å². The highest BCUT2D eigenvalue weighted by molar-refractivity contribution is 7.09. The summed E-state index contributed by atoms with van der Waals surface area (Å²) in [6.07, 6.45) is 1.16. The Morgan fingerprint density at radius 3 is 2.81 bits per heavy atom. The van der Waals surface area contributed by atoms with Crippen LogP contribution in [0, 0.1) is 5.92 Å². The lowest BCUT2D eigenvalue weighted by atomic mass is 10.2. The third-order valence-corrected chi connectivity index (χ3v) is 3.24. The summed E-state index contributed by atoms with van der Waals surface area (Å²) >= 11 is 1.72. The van der Waals surface area contributed by atoms with E-state index in [2.05, 4.69) is 36.5 Å². The van der Waals surface area contributed by atoms with Gasteiger partial charge in [-0.2, -0.15) is 0 Å². The van der Waals surface area contributed by atoms with Gasteiger partial charge in [-0.1, -0.05) is 13.8 Å². The largest absolute Gasteiger partial charge is 0.381 e. The van der Waals surface area contributed by atoms with E-state index >= 15 is 0 Å². The highest BCUT2D eigenvalue weighted by Gasteiger charge is 2.06. The molecule has 1 atom stereocenters. The van der Waals surface area contributed by atoms with Crippen LogP contribution in [0.2, 0.25) is 0 Å². The van der Waals surface area contributed by atoms with Crippen LogP contribution in [0.3, 0.4) is 0 Å². The van der Waals surface area contributed by atoms with Crippen LogP contribution in [-0.2, 0) is 17.7 Å². The average molecular weight is 242 g/mol. The lowest BCUT2D eigenvalue weighted by Gasteiger charge is -2.06. The van der Waals surface area contributed by atoms with E-state index in [0.717, 1.165) is 30.2 Å². The van der Waals surface area contributed by atoms with Gasteiger partial charge in [-0.05, 0) is 19.4 Å². The number of methoxy groups -OCH3 is 1. The van der Waals surface area contributed by atoms with Gasteiger partial charge in [0.25, 0.3) is 0 Å². The van der Waals surface area contributed by atoms with Gasteiger partial charge in [-0.25, -0.2) is 4.98 Å². The molecule has 1 heterocycles. The Kier molecular flexibility index (Phi) is 5.95. The highest BCUT2D eigenvalue weighted by atomic mass is 32.1. The summed E-state index contributed by atoms with van der Waals surface area (Å²) in [5, 5.41) is 6.69. The summed E-state index contributed by atoms with van der Waals surface area (Å²) in [6, 6.07) is 0. The molecule has 0 spiro atoms. The van der Waals surface area contributed by atoms with Crippen molar-refractivity contribution in [1.82, 2.24) is 10.3 Å². The van der Waals surface area contributed by atoms with Crippen LogP contribution in [-0.4, -0.2) is 24.7 Å². The third kappa shape index (κ3) is 5.05. The van der Waals surface area contributed by atoms with Crippen molar-refractivity contribution in [3.63, 3.8) is 0 Å². The molecule has 0 aromatic carbocycles. The minimum atomic E-state index is 0.252. The molecule has 0 radical (unpaired) electrons. The predicted octanol–water partition coefficient (Wildman–Crippen LogP) is 2.47. The molecule has 1 aromatic rings. The van der Waals surface area contributed by atoms with E-state index < -0.39 is 0 Å². The molecule has 1 N–H and O–H groups in total. The second-order valence-electron chi connectivity index (χ2n) is 4.51. The van der Waals surface area contributed by atoms with Crippen molar-refractivity contribution in [2.75, 3.05) is 13.7 Å². The van der Waals surface area contributed by atoms with Crippen molar-refractivity contribution in [3.8, 4) is 0 Å². The Hall–Kier alpha value is -0.450. The molecule has 0 aliphatic carbocycles. The van der Waals surface area contributed by atoms with Crippen LogP contribution in [0.25, 0.3) is 0 Å². The Morgan fingerprint density at radius 2 is 2.19 bits per heavy atom. The molecular weight excluding hydrogens is 220 g/mol. The van der Waals surface area contributed by atoms with Crippen LogP contribution in [0.1, 0.15) is 31.5 Å². The Bertz CT molecular complexity index is 299. The molecule has 0 amide bonds. The van der Waals surface area contributed by atoms with Gasteiger partial charge < -0.3 is 10.1 Å². The molecular formula is C12H22N2OS. The maximum atomic E-state index is 5.23. The minimum absolute atomic E-state index is 0.252.